The monoisotopic (exact) mass is 430 g/mol. The van der Waals surface area contributed by atoms with Gasteiger partial charge in [-0.05, 0) is 54.5 Å². The molecule has 2 atom stereocenters. The molecule has 1 fully saturated rings. The maximum absolute atomic E-state index is 14.0. The maximum atomic E-state index is 14.0. The molecule has 1 aliphatic heterocycles. The van der Waals surface area contributed by atoms with E-state index in [9.17, 15) is 14.0 Å². The van der Waals surface area contributed by atoms with Crippen LogP contribution in [0.4, 0.5) is 4.39 Å². The lowest BCUT2D eigenvalue weighted by Crippen LogP contribution is -2.53. The number of nitrogens with one attached hydrogen (secondary N) is 1. The Morgan fingerprint density at radius 3 is 2.37 bits per heavy atom. The molecule has 1 N–H and O–H groups in total. The highest BCUT2D eigenvalue weighted by Crippen LogP contribution is 2.29. The summed E-state index contributed by atoms with van der Waals surface area (Å²) in [7, 11) is 0. The second kappa shape index (κ2) is 10.1. The Labute approximate surface area is 182 Å². The van der Waals surface area contributed by atoms with Crippen LogP contribution in [-0.4, -0.2) is 35.8 Å². The van der Waals surface area contributed by atoms with Crippen molar-refractivity contribution in [3.8, 4) is 0 Å². The van der Waals surface area contributed by atoms with Crippen molar-refractivity contribution >= 4 is 23.4 Å². The summed E-state index contributed by atoms with van der Waals surface area (Å²) in [5, 5.41) is 3.50. The van der Waals surface area contributed by atoms with Gasteiger partial charge in [-0.15, -0.1) is 0 Å². The zero-order valence-electron chi connectivity index (χ0n) is 17.4. The molecule has 0 radical (unpaired) electrons. The van der Waals surface area contributed by atoms with Gasteiger partial charge in [-0.25, -0.2) is 4.39 Å². The SMILES string of the molecule is CC[C@H](C)[C@@H](NC(=O)c1ccccc1F)C(=O)N1CCC(c2ccc(Cl)cc2)CC1. The zero-order chi connectivity index (χ0) is 21.7. The van der Waals surface area contributed by atoms with E-state index in [1.807, 2.05) is 43.0 Å². The molecule has 0 aromatic heterocycles. The van der Waals surface area contributed by atoms with Crippen molar-refractivity contribution in [3.05, 3.63) is 70.5 Å². The van der Waals surface area contributed by atoms with Gasteiger partial charge in [0.1, 0.15) is 11.9 Å². The summed E-state index contributed by atoms with van der Waals surface area (Å²) in [5.41, 5.74) is 1.19. The lowest BCUT2D eigenvalue weighted by atomic mass is 9.88. The van der Waals surface area contributed by atoms with Crippen molar-refractivity contribution in [2.75, 3.05) is 13.1 Å². The third-order valence-electron chi connectivity index (χ3n) is 6.03. The van der Waals surface area contributed by atoms with Crippen LogP contribution in [0.2, 0.25) is 5.02 Å². The molecule has 160 valence electrons. The quantitative estimate of drug-likeness (QED) is 0.698. The van der Waals surface area contributed by atoms with Crippen LogP contribution in [0.15, 0.2) is 48.5 Å². The summed E-state index contributed by atoms with van der Waals surface area (Å²) in [6.45, 7) is 5.18. The maximum Gasteiger partial charge on any atom is 0.254 e. The summed E-state index contributed by atoms with van der Waals surface area (Å²) >= 11 is 5.98. The first-order chi connectivity index (χ1) is 14.4. The van der Waals surface area contributed by atoms with Gasteiger partial charge in [-0.3, -0.25) is 9.59 Å². The Morgan fingerprint density at radius 1 is 1.13 bits per heavy atom. The van der Waals surface area contributed by atoms with Crippen LogP contribution in [0.3, 0.4) is 0 Å². The summed E-state index contributed by atoms with van der Waals surface area (Å²) in [5.74, 6) is -0.899. The van der Waals surface area contributed by atoms with Gasteiger partial charge >= 0.3 is 0 Å². The van der Waals surface area contributed by atoms with Crippen molar-refractivity contribution in [1.29, 1.82) is 0 Å². The van der Waals surface area contributed by atoms with E-state index in [2.05, 4.69) is 5.32 Å². The molecule has 2 amide bonds. The fraction of sp³-hybridized carbons (Fsp3) is 0.417. The summed E-state index contributed by atoms with van der Waals surface area (Å²) in [6, 6.07) is 13.0. The van der Waals surface area contributed by atoms with E-state index in [1.54, 1.807) is 6.07 Å². The molecule has 0 saturated carbocycles. The van der Waals surface area contributed by atoms with Crippen LogP contribution >= 0.6 is 11.6 Å². The molecule has 6 heteroatoms. The highest BCUT2D eigenvalue weighted by molar-refractivity contribution is 6.30. The van der Waals surface area contributed by atoms with Crippen LogP contribution in [0.1, 0.15) is 54.9 Å². The minimum Gasteiger partial charge on any atom is -0.341 e. The number of amides is 2. The van der Waals surface area contributed by atoms with Gasteiger partial charge in [0.2, 0.25) is 5.91 Å². The largest absolute Gasteiger partial charge is 0.341 e. The first-order valence-electron chi connectivity index (χ1n) is 10.5. The van der Waals surface area contributed by atoms with E-state index in [0.29, 0.717) is 24.0 Å². The Bertz CT molecular complexity index is 879. The Morgan fingerprint density at radius 2 is 1.77 bits per heavy atom. The summed E-state index contributed by atoms with van der Waals surface area (Å²) in [6.07, 6.45) is 2.46. The number of carbonyl (C=O) groups is 2. The fourth-order valence-corrected chi connectivity index (χ4v) is 4.04. The molecular formula is C24H28ClFN2O2. The number of benzene rings is 2. The van der Waals surface area contributed by atoms with Gasteiger partial charge in [0, 0.05) is 18.1 Å². The van der Waals surface area contributed by atoms with Crippen LogP contribution in [0.25, 0.3) is 0 Å². The lowest BCUT2D eigenvalue weighted by Gasteiger charge is -2.36. The third kappa shape index (κ3) is 5.20. The van der Waals surface area contributed by atoms with Crippen LogP contribution in [0.5, 0.6) is 0 Å². The Kier molecular flexibility index (Phi) is 7.48. The molecule has 4 nitrogen and oxygen atoms in total. The Balaban J connectivity index is 1.66. The molecule has 0 bridgehead atoms. The first kappa shape index (κ1) is 22.3. The van der Waals surface area contributed by atoms with Gasteiger partial charge in [-0.2, -0.15) is 0 Å². The van der Waals surface area contributed by atoms with Gasteiger partial charge in [0.05, 0.1) is 5.56 Å². The third-order valence-corrected chi connectivity index (χ3v) is 6.28. The van der Waals surface area contributed by atoms with Crippen LogP contribution in [0, 0.1) is 11.7 Å². The number of hydrogen-bond acceptors (Lipinski definition) is 2. The minimum absolute atomic E-state index is 0.0416. The highest BCUT2D eigenvalue weighted by Gasteiger charge is 2.33. The van der Waals surface area contributed by atoms with E-state index >= 15 is 0 Å². The number of rotatable bonds is 6. The number of halogens is 2. The van der Waals surface area contributed by atoms with Crippen molar-refractivity contribution in [2.24, 2.45) is 5.92 Å². The molecule has 0 spiro atoms. The van der Waals surface area contributed by atoms with E-state index < -0.39 is 17.8 Å². The number of nitrogens with zero attached hydrogens (tertiary/aromatic N) is 1. The topological polar surface area (TPSA) is 49.4 Å². The molecule has 1 aliphatic rings. The zero-order valence-corrected chi connectivity index (χ0v) is 18.2. The number of carbonyl (C=O) groups excluding carboxylic acids is 2. The standard InChI is InChI=1S/C24H28ClFN2O2/c1-3-16(2)22(27-23(29)20-6-4-5-7-21(20)26)24(30)28-14-12-18(13-15-28)17-8-10-19(25)11-9-17/h4-11,16,18,22H,3,12-15H2,1-2H3,(H,27,29)/t16-,22+/m0/s1. The molecule has 0 aliphatic carbocycles. The van der Waals surface area contributed by atoms with Crippen molar-refractivity contribution in [3.63, 3.8) is 0 Å². The van der Waals surface area contributed by atoms with Crippen LogP contribution in [-0.2, 0) is 4.79 Å². The van der Waals surface area contributed by atoms with E-state index in [-0.39, 0.29) is 17.4 Å². The highest BCUT2D eigenvalue weighted by atomic mass is 35.5. The summed E-state index contributed by atoms with van der Waals surface area (Å²) < 4.78 is 14.0. The Hall–Kier alpha value is -2.40. The number of piperidine rings is 1. The molecule has 2 aromatic carbocycles. The second-order valence-corrected chi connectivity index (χ2v) is 8.40. The lowest BCUT2D eigenvalue weighted by molar-refractivity contribution is -0.135. The molecule has 2 aromatic rings. The molecular weight excluding hydrogens is 403 g/mol. The normalized spacial score (nSPS) is 16.7. The van der Waals surface area contributed by atoms with Gasteiger partial charge in [0.15, 0.2) is 0 Å². The minimum atomic E-state index is -0.672. The summed E-state index contributed by atoms with van der Waals surface area (Å²) in [4.78, 5) is 27.7. The van der Waals surface area contributed by atoms with E-state index in [0.717, 1.165) is 19.3 Å². The predicted octanol–water partition coefficient (Wildman–Crippen LogP) is 5.03. The number of hydrogen-bond donors (Lipinski definition) is 1. The predicted molar refractivity (Wildman–Crippen MR) is 117 cm³/mol. The van der Waals surface area contributed by atoms with Gasteiger partial charge in [-0.1, -0.05) is 56.1 Å². The molecule has 1 heterocycles. The smallest absolute Gasteiger partial charge is 0.254 e. The van der Waals surface area contributed by atoms with E-state index in [4.69, 9.17) is 11.6 Å². The van der Waals surface area contributed by atoms with Crippen molar-refractivity contribution in [2.45, 2.75) is 45.1 Å². The second-order valence-electron chi connectivity index (χ2n) is 7.97. The number of likely N-dealkylation sites (tertiary alicyclic amines) is 1. The van der Waals surface area contributed by atoms with E-state index in [1.165, 1.54) is 23.8 Å². The molecule has 0 unspecified atom stereocenters. The first-order valence-corrected chi connectivity index (χ1v) is 10.9. The fourth-order valence-electron chi connectivity index (χ4n) is 3.91. The average Bonchev–Trinajstić information content (AvgIpc) is 2.77. The molecule has 30 heavy (non-hydrogen) atoms. The van der Waals surface area contributed by atoms with Gasteiger partial charge in [0.25, 0.3) is 5.91 Å². The van der Waals surface area contributed by atoms with Crippen molar-refractivity contribution < 1.29 is 14.0 Å². The molecule has 1 saturated heterocycles. The van der Waals surface area contributed by atoms with Crippen LogP contribution < -0.4 is 5.32 Å². The van der Waals surface area contributed by atoms with Gasteiger partial charge < -0.3 is 10.2 Å². The molecule has 3 rings (SSSR count). The average molecular weight is 431 g/mol. The van der Waals surface area contributed by atoms with Crippen molar-refractivity contribution in [1.82, 2.24) is 10.2 Å².